The summed E-state index contributed by atoms with van der Waals surface area (Å²) in [7, 11) is -2.67. The standard InChI is InChI=1S/C30H39N3O9S/c1-30(2,3)21-12-14-22(15-13-21)43(35,36)33-27-26(42-24-10-6-5-9-23(24)37-4)28(32-29(31-27)41-18-16-34)40-20-19-39-25-11-7-8-17-38-25/h5-6,9-10,12-15,25,34H,7-8,11,16-20H2,1-4H3,(H,31,32,33). The molecule has 4 rings (SSSR count). The number of sulfonamides is 1. The SMILES string of the molecule is COc1ccccc1Oc1c(NS(=O)(=O)c2ccc(C(C)(C)C)cc2)nc(OCCO)nc1OCCOC1CCCCO1. The van der Waals surface area contributed by atoms with Gasteiger partial charge in [0.05, 0.1) is 25.2 Å². The molecule has 0 radical (unpaired) electrons. The zero-order valence-corrected chi connectivity index (χ0v) is 25.7. The summed E-state index contributed by atoms with van der Waals surface area (Å²) in [5, 5.41) is 9.29. The summed E-state index contributed by atoms with van der Waals surface area (Å²) >= 11 is 0. The maximum atomic E-state index is 13.6. The lowest BCUT2D eigenvalue weighted by molar-refractivity contribution is -0.165. The molecule has 13 heteroatoms. The highest BCUT2D eigenvalue weighted by Gasteiger charge is 2.26. The predicted octanol–water partition coefficient (Wildman–Crippen LogP) is 4.67. The van der Waals surface area contributed by atoms with Gasteiger partial charge in [0.25, 0.3) is 15.9 Å². The molecule has 1 fully saturated rings. The normalized spacial score (nSPS) is 15.5. The number of ether oxygens (including phenoxy) is 6. The number of aliphatic hydroxyl groups is 1. The molecule has 3 aromatic rings. The number of hydrogen-bond acceptors (Lipinski definition) is 11. The predicted molar refractivity (Wildman–Crippen MR) is 159 cm³/mol. The van der Waals surface area contributed by atoms with Gasteiger partial charge >= 0.3 is 6.01 Å². The van der Waals surface area contributed by atoms with Crippen molar-refractivity contribution in [2.24, 2.45) is 0 Å². The smallest absolute Gasteiger partial charge is 0.322 e. The summed E-state index contributed by atoms with van der Waals surface area (Å²) in [5.41, 5.74) is 0.820. The van der Waals surface area contributed by atoms with Gasteiger partial charge in [-0.25, -0.2) is 8.42 Å². The van der Waals surface area contributed by atoms with Gasteiger partial charge in [-0.2, -0.15) is 9.97 Å². The van der Waals surface area contributed by atoms with Gasteiger partial charge in [-0.05, 0) is 54.5 Å². The average Bonchev–Trinajstić information content (AvgIpc) is 3.00. The van der Waals surface area contributed by atoms with Gasteiger partial charge in [0, 0.05) is 6.61 Å². The van der Waals surface area contributed by atoms with Crippen LogP contribution in [0.5, 0.6) is 29.1 Å². The second kappa shape index (κ2) is 14.7. The van der Waals surface area contributed by atoms with Crippen LogP contribution < -0.4 is 23.7 Å². The van der Waals surface area contributed by atoms with E-state index >= 15 is 0 Å². The van der Waals surface area contributed by atoms with E-state index in [0.717, 1.165) is 24.8 Å². The van der Waals surface area contributed by atoms with E-state index in [0.29, 0.717) is 12.4 Å². The van der Waals surface area contributed by atoms with Crippen LogP contribution in [-0.2, 0) is 24.9 Å². The first-order valence-corrected chi connectivity index (χ1v) is 15.5. The molecule has 1 aliphatic heterocycles. The maximum absolute atomic E-state index is 13.6. The molecule has 1 saturated heterocycles. The number of nitrogens with one attached hydrogen (secondary N) is 1. The van der Waals surface area contributed by atoms with E-state index in [1.807, 2.05) is 20.8 Å². The first-order valence-electron chi connectivity index (χ1n) is 14.1. The molecule has 2 N–H and O–H groups in total. The van der Waals surface area contributed by atoms with Crippen molar-refractivity contribution in [1.82, 2.24) is 9.97 Å². The summed E-state index contributed by atoms with van der Waals surface area (Å²) in [5.74, 6) is 0.190. The minimum atomic E-state index is -4.15. The van der Waals surface area contributed by atoms with Crippen LogP contribution in [0.25, 0.3) is 0 Å². The van der Waals surface area contributed by atoms with Crippen LogP contribution in [0.1, 0.15) is 45.6 Å². The Morgan fingerprint density at radius 1 is 0.977 bits per heavy atom. The Balaban J connectivity index is 1.69. The first-order chi connectivity index (χ1) is 20.6. The van der Waals surface area contributed by atoms with Gasteiger partial charge in [-0.3, -0.25) is 4.72 Å². The largest absolute Gasteiger partial charge is 0.493 e. The summed E-state index contributed by atoms with van der Waals surface area (Å²) < 4.78 is 63.9. The summed E-state index contributed by atoms with van der Waals surface area (Å²) in [6.07, 6.45) is 2.49. The number of aromatic nitrogens is 2. The number of aliphatic hydroxyl groups excluding tert-OH is 1. The Morgan fingerprint density at radius 3 is 2.37 bits per heavy atom. The zero-order valence-electron chi connectivity index (χ0n) is 24.9. The second-order valence-electron chi connectivity index (χ2n) is 10.7. The van der Waals surface area contributed by atoms with Crippen LogP contribution in [0.4, 0.5) is 5.82 Å². The number of anilines is 1. The third-order valence-corrected chi connectivity index (χ3v) is 7.80. The Kier molecular flexibility index (Phi) is 11.0. The Morgan fingerprint density at radius 2 is 1.72 bits per heavy atom. The molecule has 234 valence electrons. The number of benzene rings is 2. The van der Waals surface area contributed by atoms with E-state index in [2.05, 4.69) is 14.7 Å². The zero-order chi connectivity index (χ0) is 30.9. The molecule has 2 aromatic carbocycles. The van der Waals surface area contributed by atoms with Crippen LogP contribution in [-0.4, -0.2) is 69.9 Å². The lowest BCUT2D eigenvalue weighted by Crippen LogP contribution is -2.24. The molecular formula is C30H39N3O9S. The van der Waals surface area contributed by atoms with Gasteiger partial charge in [0.2, 0.25) is 5.75 Å². The monoisotopic (exact) mass is 617 g/mol. The van der Waals surface area contributed by atoms with E-state index < -0.39 is 10.0 Å². The van der Waals surface area contributed by atoms with E-state index in [-0.39, 0.29) is 72.2 Å². The average molecular weight is 618 g/mol. The molecule has 0 saturated carbocycles. The van der Waals surface area contributed by atoms with E-state index in [1.165, 1.54) is 19.2 Å². The third kappa shape index (κ3) is 8.92. The summed E-state index contributed by atoms with van der Waals surface area (Å²) in [4.78, 5) is 8.57. The van der Waals surface area contributed by atoms with Crippen molar-refractivity contribution < 1.29 is 41.9 Å². The second-order valence-corrected chi connectivity index (χ2v) is 12.4. The van der Waals surface area contributed by atoms with Gasteiger partial charge in [-0.15, -0.1) is 0 Å². The van der Waals surface area contributed by atoms with E-state index in [4.69, 9.17) is 28.4 Å². The van der Waals surface area contributed by atoms with Crippen molar-refractivity contribution in [3.8, 4) is 29.1 Å². The number of rotatable bonds is 14. The van der Waals surface area contributed by atoms with Crippen molar-refractivity contribution >= 4 is 15.8 Å². The minimum absolute atomic E-state index is 0.0172. The summed E-state index contributed by atoms with van der Waals surface area (Å²) in [6.45, 7) is 6.54. The fourth-order valence-corrected chi connectivity index (χ4v) is 5.17. The van der Waals surface area contributed by atoms with Crippen molar-refractivity contribution in [3.63, 3.8) is 0 Å². The topological polar surface area (TPSA) is 148 Å². The van der Waals surface area contributed by atoms with Crippen molar-refractivity contribution in [2.45, 2.75) is 56.6 Å². The van der Waals surface area contributed by atoms with Crippen molar-refractivity contribution in [3.05, 3.63) is 54.1 Å². The quantitative estimate of drug-likeness (QED) is 0.243. The van der Waals surface area contributed by atoms with Gasteiger partial charge in [0.1, 0.15) is 13.2 Å². The van der Waals surface area contributed by atoms with Crippen LogP contribution in [0.2, 0.25) is 0 Å². The van der Waals surface area contributed by atoms with Crippen molar-refractivity contribution in [2.75, 3.05) is 44.9 Å². The molecule has 1 atom stereocenters. The Bertz CT molecular complexity index is 1440. The molecule has 1 aliphatic rings. The molecule has 1 aromatic heterocycles. The van der Waals surface area contributed by atoms with E-state index in [9.17, 15) is 13.5 Å². The number of nitrogens with zero attached hydrogens (tertiary/aromatic N) is 2. The lowest BCUT2D eigenvalue weighted by Gasteiger charge is -2.23. The maximum Gasteiger partial charge on any atom is 0.322 e. The van der Waals surface area contributed by atoms with E-state index in [1.54, 1.807) is 36.4 Å². The third-order valence-electron chi connectivity index (χ3n) is 6.44. The Hall–Kier alpha value is -3.65. The number of hydrogen-bond donors (Lipinski definition) is 2. The molecular weight excluding hydrogens is 578 g/mol. The molecule has 0 aliphatic carbocycles. The summed E-state index contributed by atoms with van der Waals surface area (Å²) in [6, 6.07) is 13.2. The molecule has 12 nitrogen and oxygen atoms in total. The lowest BCUT2D eigenvalue weighted by atomic mass is 9.87. The van der Waals surface area contributed by atoms with Crippen LogP contribution >= 0.6 is 0 Å². The number of methoxy groups -OCH3 is 1. The van der Waals surface area contributed by atoms with Gasteiger partial charge < -0.3 is 33.5 Å². The van der Waals surface area contributed by atoms with Crippen LogP contribution in [0, 0.1) is 0 Å². The minimum Gasteiger partial charge on any atom is -0.493 e. The Labute approximate surface area is 252 Å². The highest BCUT2D eigenvalue weighted by atomic mass is 32.2. The van der Waals surface area contributed by atoms with Crippen molar-refractivity contribution in [1.29, 1.82) is 0 Å². The fourth-order valence-electron chi connectivity index (χ4n) is 4.16. The molecule has 43 heavy (non-hydrogen) atoms. The molecule has 2 heterocycles. The highest BCUT2D eigenvalue weighted by Crippen LogP contribution is 2.41. The number of para-hydroxylation sites is 2. The fraction of sp³-hybridized carbons (Fsp3) is 0.467. The first kappa shape index (κ1) is 32.3. The van der Waals surface area contributed by atoms with Crippen LogP contribution in [0.3, 0.4) is 0 Å². The van der Waals surface area contributed by atoms with Gasteiger partial charge in [-0.1, -0.05) is 45.0 Å². The van der Waals surface area contributed by atoms with Crippen LogP contribution in [0.15, 0.2) is 53.4 Å². The molecule has 0 spiro atoms. The van der Waals surface area contributed by atoms with Gasteiger partial charge in [0.15, 0.2) is 23.6 Å². The molecule has 0 bridgehead atoms. The molecule has 1 unspecified atom stereocenters. The molecule has 0 amide bonds. The highest BCUT2D eigenvalue weighted by molar-refractivity contribution is 7.92.